The molecular formula is C13H20N4. The Kier molecular flexibility index (Phi) is 3.45. The maximum atomic E-state index is 5.92. The summed E-state index contributed by atoms with van der Waals surface area (Å²) < 4.78 is 0. The number of nitrogens with one attached hydrogen (secondary N) is 2. The van der Waals surface area contributed by atoms with Gasteiger partial charge < -0.3 is 16.0 Å². The van der Waals surface area contributed by atoms with Gasteiger partial charge in [-0.1, -0.05) is 6.07 Å². The van der Waals surface area contributed by atoms with Crippen molar-refractivity contribution in [1.82, 2.24) is 15.3 Å². The first-order valence-corrected chi connectivity index (χ1v) is 5.96. The van der Waals surface area contributed by atoms with Crippen LogP contribution in [0.5, 0.6) is 0 Å². The summed E-state index contributed by atoms with van der Waals surface area (Å²) >= 11 is 0. The Morgan fingerprint density at radius 1 is 1.41 bits per heavy atom. The van der Waals surface area contributed by atoms with E-state index in [4.69, 9.17) is 5.73 Å². The van der Waals surface area contributed by atoms with Crippen molar-refractivity contribution in [1.29, 1.82) is 0 Å². The third-order valence-electron chi connectivity index (χ3n) is 2.76. The fourth-order valence-electron chi connectivity index (χ4n) is 1.74. The molecule has 0 unspecified atom stereocenters. The van der Waals surface area contributed by atoms with Crippen LogP contribution in [0.3, 0.4) is 0 Å². The molecule has 2 rings (SSSR count). The summed E-state index contributed by atoms with van der Waals surface area (Å²) in [4.78, 5) is 7.31. The molecule has 0 saturated carbocycles. The van der Waals surface area contributed by atoms with Gasteiger partial charge in [0.25, 0.3) is 0 Å². The molecule has 0 atom stereocenters. The largest absolute Gasteiger partial charge is 0.345 e. The lowest BCUT2D eigenvalue weighted by molar-refractivity contribution is 0.455. The normalized spacial score (nSPS) is 12.2. The van der Waals surface area contributed by atoms with Crippen molar-refractivity contribution in [2.75, 3.05) is 6.54 Å². The SMILES string of the molecule is CC(C)(N)CCNCc1ccc2nc[nH]c2c1. The van der Waals surface area contributed by atoms with Crippen molar-refractivity contribution in [3.8, 4) is 0 Å². The van der Waals surface area contributed by atoms with E-state index in [0.717, 1.165) is 30.5 Å². The monoisotopic (exact) mass is 232 g/mol. The number of imidazole rings is 1. The van der Waals surface area contributed by atoms with Crippen LogP contribution >= 0.6 is 0 Å². The highest BCUT2D eigenvalue weighted by atomic mass is 14.9. The molecule has 0 radical (unpaired) electrons. The molecule has 1 aromatic heterocycles. The summed E-state index contributed by atoms with van der Waals surface area (Å²) in [7, 11) is 0. The molecule has 0 saturated heterocycles. The van der Waals surface area contributed by atoms with Gasteiger partial charge in [0.1, 0.15) is 0 Å². The van der Waals surface area contributed by atoms with Crippen LogP contribution in [0, 0.1) is 0 Å². The minimum atomic E-state index is -0.0969. The summed E-state index contributed by atoms with van der Waals surface area (Å²) in [6.45, 7) is 5.90. The quantitative estimate of drug-likeness (QED) is 0.688. The average Bonchev–Trinajstić information content (AvgIpc) is 2.70. The Hall–Kier alpha value is -1.39. The van der Waals surface area contributed by atoms with Gasteiger partial charge in [-0.15, -0.1) is 0 Å². The van der Waals surface area contributed by atoms with Crippen molar-refractivity contribution in [2.45, 2.75) is 32.4 Å². The van der Waals surface area contributed by atoms with Crippen molar-refractivity contribution in [3.63, 3.8) is 0 Å². The molecule has 0 spiro atoms. The molecule has 4 heteroatoms. The Bertz CT molecular complexity index is 481. The average molecular weight is 232 g/mol. The molecular weight excluding hydrogens is 212 g/mol. The summed E-state index contributed by atoms with van der Waals surface area (Å²) in [6, 6.07) is 6.27. The number of aromatic nitrogens is 2. The number of aromatic amines is 1. The molecule has 2 aromatic rings. The lowest BCUT2D eigenvalue weighted by atomic mass is 10.0. The maximum absolute atomic E-state index is 5.92. The van der Waals surface area contributed by atoms with Crippen LogP contribution in [0.1, 0.15) is 25.8 Å². The standard InChI is InChI=1S/C13H20N4/c1-13(2,14)5-6-15-8-10-3-4-11-12(7-10)17-9-16-11/h3-4,7,9,15H,5-6,8,14H2,1-2H3,(H,16,17). The zero-order chi connectivity index (χ0) is 12.3. The van der Waals surface area contributed by atoms with Crippen LogP contribution in [0.25, 0.3) is 11.0 Å². The smallest absolute Gasteiger partial charge is 0.0931 e. The first-order chi connectivity index (χ1) is 8.04. The van der Waals surface area contributed by atoms with Crippen molar-refractivity contribution >= 4 is 11.0 Å². The highest BCUT2D eigenvalue weighted by molar-refractivity contribution is 5.74. The van der Waals surface area contributed by atoms with Gasteiger partial charge in [0.2, 0.25) is 0 Å². The second-order valence-electron chi connectivity index (χ2n) is 5.17. The van der Waals surface area contributed by atoms with Gasteiger partial charge >= 0.3 is 0 Å². The van der Waals surface area contributed by atoms with Crippen LogP contribution < -0.4 is 11.1 Å². The predicted octanol–water partition coefficient (Wildman–Crippen LogP) is 1.78. The molecule has 4 N–H and O–H groups in total. The summed E-state index contributed by atoms with van der Waals surface area (Å²) in [5.74, 6) is 0. The van der Waals surface area contributed by atoms with E-state index in [2.05, 4.69) is 27.4 Å². The highest BCUT2D eigenvalue weighted by Crippen LogP contribution is 2.11. The van der Waals surface area contributed by atoms with E-state index in [1.807, 2.05) is 19.9 Å². The molecule has 17 heavy (non-hydrogen) atoms. The highest BCUT2D eigenvalue weighted by Gasteiger charge is 2.08. The van der Waals surface area contributed by atoms with Crippen molar-refractivity contribution < 1.29 is 0 Å². The van der Waals surface area contributed by atoms with E-state index in [9.17, 15) is 0 Å². The molecule has 0 fully saturated rings. The Labute approximate surface area is 102 Å². The number of hydrogen-bond donors (Lipinski definition) is 3. The molecule has 0 aliphatic rings. The number of nitrogens with two attached hydrogens (primary N) is 1. The number of H-pyrrole nitrogens is 1. The topological polar surface area (TPSA) is 66.7 Å². The lowest BCUT2D eigenvalue weighted by Gasteiger charge is -2.18. The Morgan fingerprint density at radius 2 is 2.24 bits per heavy atom. The van der Waals surface area contributed by atoms with E-state index in [1.54, 1.807) is 6.33 Å². The summed E-state index contributed by atoms with van der Waals surface area (Å²) in [6.07, 6.45) is 2.69. The minimum Gasteiger partial charge on any atom is -0.345 e. The molecule has 0 amide bonds. The molecule has 4 nitrogen and oxygen atoms in total. The molecule has 92 valence electrons. The van der Waals surface area contributed by atoms with Gasteiger partial charge in [-0.3, -0.25) is 0 Å². The van der Waals surface area contributed by atoms with Crippen LogP contribution in [-0.2, 0) is 6.54 Å². The third-order valence-corrected chi connectivity index (χ3v) is 2.76. The van der Waals surface area contributed by atoms with Crippen LogP contribution in [-0.4, -0.2) is 22.1 Å². The summed E-state index contributed by atoms with van der Waals surface area (Å²) in [5.41, 5.74) is 9.18. The predicted molar refractivity (Wildman–Crippen MR) is 70.7 cm³/mol. The second-order valence-corrected chi connectivity index (χ2v) is 5.17. The maximum Gasteiger partial charge on any atom is 0.0931 e. The van der Waals surface area contributed by atoms with E-state index in [1.165, 1.54) is 5.56 Å². The first kappa shape index (κ1) is 12.1. The fraction of sp³-hybridized carbons (Fsp3) is 0.462. The number of hydrogen-bond acceptors (Lipinski definition) is 3. The van der Waals surface area contributed by atoms with Crippen molar-refractivity contribution in [2.24, 2.45) is 5.73 Å². The van der Waals surface area contributed by atoms with E-state index in [-0.39, 0.29) is 5.54 Å². The van der Waals surface area contributed by atoms with Gasteiger partial charge in [0.15, 0.2) is 0 Å². The third kappa shape index (κ3) is 3.54. The van der Waals surface area contributed by atoms with Gasteiger partial charge in [0.05, 0.1) is 17.4 Å². The van der Waals surface area contributed by atoms with E-state index < -0.39 is 0 Å². The van der Waals surface area contributed by atoms with E-state index in [0.29, 0.717) is 0 Å². The van der Waals surface area contributed by atoms with Crippen LogP contribution in [0.4, 0.5) is 0 Å². The summed E-state index contributed by atoms with van der Waals surface area (Å²) in [5, 5.41) is 3.40. The molecule has 1 heterocycles. The van der Waals surface area contributed by atoms with Crippen LogP contribution in [0.2, 0.25) is 0 Å². The number of fused-ring (bicyclic) bond motifs is 1. The van der Waals surface area contributed by atoms with Gasteiger partial charge in [-0.25, -0.2) is 4.98 Å². The molecule has 0 bridgehead atoms. The second kappa shape index (κ2) is 4.85. The van der Waals surface area contributed by atoms with Gasteiger partial charge in [-0.2, -0.15) is 0 Å². The number of nitrogens with zero attached hydrogens (tertiary/aromatic N) is 1. The van der Waals surface area contributed by atoms with Gasteiger partial charge in [-0.05, 0) is 44.5 Å². The Morgan fingerprint density at radius 3 is 3.00 bits per heavy atom. The number of rotatable bonds is 5. The Balaban J connectivity index is 1.86. The number of benzene rings is 1. The molecule has 1 aromatic carbocycles. The fourth-order valence-corrected chi connectivity index (χ4v) is 1.74. The molecule has 0 aliphatic heterocycles. The lowest BCUT2D eigenvalue weighted by Crippen LogP contribution is -2.35. The zero-order valence-electron chi connectivity index (χ0n) is 10.5. The zero-order valence-corrected chi connectivity index (χ0v) is 10.5. The van der Waals surface area contributed by atoms with Crippen molar-refractivity contribution in [3.05, 3.63) is 30.1 Å². The van der Waals surface area contributed by atoms with Gasteiger partial charge in [0, 0.05) is 12.1 Å². The molecule has 0 aliphatic carbocycles. The van der Waals surface area contributed by atoms with E-state index >= 15 is 0 Å². The minimum absolute atomic E-state index is 0.0969. The van der Waals surface area contributed by atoms with Crippen LogP contribution in [0.15, 0.2) is 24.5 Å². The first-order valence-electron chi connectivity index (χ1n) is 5.96.